The fourth-order valence-corrected chi connectivity index (χ4v) is 2.97. The number of hydrogen-bond donors (Lipinski definition) is 0. The average molecular weight is 395 g/mol. The molecule has 0 aliphatic heterocycles. The molecule has 0 amide bonds. The lowest BCUT2D eigenvalue weighted by Crippen LogP contribution is -2.12. The SMILES string of the molecule is CCCCCCCCCCCCOCCOCCOCCOc1ccccc1. The molecule has 0 fully saturated rings. The zero-order valence-corrected chi connectivity index (χ0v) is 18.0. The van der Waals surface area contributed by atoms with Crippen LogP contribution in [0.15, 0.2) is 30.3 Å². The van der Waals surface area contributed by atoms with Crippen LogP contribution >= 0.6 is 0 Å². The van der Waals surface area contributed by atoms with Crippen LogP contribution in [0.25, 0.3) is 0 Å². The van der Waals surface area contributed by atoms with Gasteiger partial charge in [-0.15, -0.1) is 0 Å². The van der Waals surface area contributed by atoms with Crippen LogP contribution in [-0.2, 0) is 14.2 Å². The maximum absolute atomic E-state index is 5.61. The van der Waals surface area contributed by atoms with Gasteiger partial charge < -0.3 is 18.9 Å². The third-order valence-electron chi connectivity index (χ3n) is 4.63. The molecule has 1 rings (SSSR count). The van der Waals surface area contributed by atoms with Crippen LogP contribution in [0.4, 0.5) is 0 Å². The van der Waals surface area contributed by atoms with Gasteiger partial charge in [0, 0.05) is 6.61 Å². The minimum Gasteiger partial charge on any atom is -0.491 e. The monoisotopic (exact) mass is 394 g/mol. The molecule has 0 aliphatic carbocycles. The molecule has 0 unspecified atom stereocenters. The van der Waals surface area contributed by atoms with Crippen LogP contribution in [0.3, 0.4) is 0 Å². The summed E-state index contributed by atoms with van der Waals surface area (Å²) in [4.78, 5) is 0. The van der Waals surface area contributed by atoms with Gasteiger partial charge in [0.1, 0.15) is 12.4 Å². The summed E-state index contributed by atoms with van der Waals surface area (Å²) in [7, 11) is 0. The van der Waals surface area contributed by atoms with E-state index < -0.39 is 0 Å². The van der Waals surface area contributed by atoms with Crippen molar-refractivity contribution >= 4 is 0 Å². The van der Waals surface area contributed by atoms with Crippen LogP contribution in [0, 0.1) is 0 Å². The first-order valence-electron chi connectivity index (χ1n) is 11.3. The van der Waals surface area contributed by atoms with Crippen molar-refractivity contribution in [1.82, 2.24) is 0 Å². The summed E-state index contributed by atoms with van der Waals surface area (Å²) in [5.74, 6) is 0.877. The van der Waals surface area contributed by atoms with Gasteiger partial charge in [0.05, 0.1) is 33.0 Å². The van der Waals surface area contributed by atoms with Crippen LogP contribution in [0.5, 0.6) is 5.75 Å². The molecule has 4 nitrogen and oxygen atoms in total. The molecule has 0 atom stereocenters. The van der Waals surface area contributed by atoms with Crippen molar-refractivity contribution < 1.29 is 18.9 Å². The standard InChI is InChI=1S/C24H42O4/c1-2-3-4-5-6-7-8-9-10-14-17-25-18-19-26-20-21-27-22-23-28-24-15-12-11-13-16-24/h11-13,15-16H,2-10,14,17-23H2,1H3. The van der Waals surface area contributed by atoms with Crippen LogP contribution in [0.2, 0.25) is 0 Å². The highest BCUT2D eigenvalue weighted by Gasteiger charge is 1.95. The third kappa shape index (κ3) is 17.0. The maximum Gasteiger partial charge on any atom is 0.119 e. The Balaban J connectivity index is 1.67. The number of unbranched alkanes of at least 4 members (excludes halogenated alkanes) is 9. The number of benzene rings is 1. The van der Waals surface area contributed by atoms with Crippen molar-refractivity contribution in [3.63, 3.8) is 0 Å². The number of ether oxygens (including phenoxy) is 4. The van der Waals surface area contributed by atoms with Crippen LogP contribution in [-0.4, -0.2) is 46.2 Å². The summed E-state index contributed by atoms with van der Waals surface area (Å²) >= 11 is 0. The van der Waals surface area contributed by atoms with E-state index in [1.165, 1.54) is 64.2 Å². The van der Waals surface area contributed by atoms with Gasteiger partial charge in [-0.05, 0) is 18.6 Å². The molecule has 0 radical (unpaired) electrons. The Labute approximate surface area is 172 Å². The zero-order valence-electron chi connectivity index (χ0n) is 18.0. The highest BCUT2D eigenvalue weighted by molar-refractivity contribution is 5.20. The predicted molar refractivity (Wildman–Crippen MR) is 116 cm³/mol. The van der Waals surface area contributed by atoms with Gasteiger partial charge in [0.2, 0.25) is 0 Å². The summed E-state index contributed by atoms with van der Waals surface area (Å²) in [5, 5.41) is 0. The van der Waals surface area contributed by atoms with Gasteiger partial charge in [0.25, 0.3) is 0 Å². The predicted octanol–water partition coefficient (Wildman–Crippen LogP) is 6.04. The van der Waals surface area contributed by atoms with Crippen molar-refractivity contribution in [3.8, 4) is 5.75 Å². The van der Waals surface area contributed by atoms with Crippen molar-refractivity contribution in [2.24, 2.45) is 0 Å². The summed E-state index contributed by atoms with van der Waals surface area (Å²) in [6.45, 7) is 6.78. The molecule has 28 heavy (non-hydrogen) atoms. The van der Waals surface area contributed by atoms with E-state index >= 15 is 0 Å². The minimum absolute atomic E-state index is 0.561. The van der Waals surface area contributed by atoms with Crippen molar-refractivity contribution in [2.75, 3.05) is 46.2 Å². The molecule has 0 aromatic heterocycles. The molecule has 1 aromatic rings. The molecule has 4 heteroatoms. The van der Waals surface area contributed by atoms with E-state index in [-0.39, 0.29) is 0 Å². The Morgan fingerprint density at radius 2 is 0.964 bits per heavy atom. The first-order chi connectivity index (χ1) is 13.9. The molecule has 1 aromatic carbocycles. The molecular formula is C24H42O4. The van der Waals surface area contributed by atoms with Crippen LogP contribution < -0.4 is 4.74 Å². The Morgan fingerprint density at radius 3 is 1.54 bits per heavy atom. The lowest BCUT2D eigenvalue weighted by Gasteiger charge is -2.08. The lowest BCUT2D eigenvalue weighted by atomic mass is 10.1. The lowest BCUT2D eigenvalue weighted by molar-refractivity contribution is 0.00878. The van der Waals surface area contributed by atoms with E-state index in [2.05, 4.69) is 6.92 Å². The van der Waals surface area contributed by atoms with E-state index in [9.17, 15) is 0 Å². The molecule has 0 N–H and O–H groups in total. The Hall–Kier alpha value is -1.10. The van der Waals surface area contributed by atoms with Gasteiger partial charge in [-0.1, -0.05) is 82.9 Å². The summed E-state index contributed by atoms with van der Waals surface area (Å²) < 4.78 is 22.2. The third-order valence-corrected chi connectivity index (χ3v) is 4.63. The molecule has 162 valence electrons. The average Bonchev–Trinajstić information content (AvgIpc) is 2.73. The second-order valence-electron chi connectivity index (χ2n) is 7.18. The number of rotatable bonds is 21. The first kappa shape index (κ1) is 24.9. The smallest absolute Gasteiger partial charge is 0.119 e. The quantitative estimate of drug-likeness (QED) is 0.238. The molecule has 0 bridgehead atoms. The van der Waals surface area contributed by atoms with Gasteiger partial charge in [-0.25, -0.2) is 0 Å². The Bertz CT molecular complexity index is 410. The van der Waals surface area contributed by atoms with E-state index in [0.29, 0.717) is 39.6 Å². The molecule has 0 saturated heterocycles. The maximum atomic E-state index is 5.61. The molecular weight excluding hydrogens is 352 g/mol. The fraction of sp³-hybridized carbons (Fsp3) is 0.750. The first-order valence-corrected chi connectivity index (χ1v) is 11.3. The summed E-state index contributed by atoms with van der Waals surface area (Å²) in [5.41, 5.74) is 0. The topological polar surface area (TPSA) is 36.9 Å². The van der Waals surface area contributed by atoms with Gasteiger partial charge in [0.15, 0.2) is 0 Å². The second-order valence-corrected chi connectivity index (χ2v) is 7.18. The molecule has 0 spiro atoms. The van der Waals surface area contributed by atoms with Crippen molar-refractivity contribution in [3.05, 3.63) is 30.3 Å². The molecule has 0 heterocycles. The minimum atomic E-state index is 0.561. The fourth-order valence-electron chi connectivity index (χ4n) is 2.97. The largest absolute Gasteiger partial charge is 0.491 e. The van der Waals surface area contributed by atoms with E-state index in [1.54, 1.807) is 0 Å². The number of para-hydroxylation sites is 1. The summed E-state index contributed by atoms with van der Waals surface area (Å²) in [6.07, 6.45) is 13.6. The normalized spacial score (nSPS) is 11.0. The Kier molecular flexibility index (Phi) is 18.4. The van der Waals surface area contributed by atoms with E-state index in [4.69, 9.17) is 18.9 Å². The highest BCUT2D eigenvalue weighted by Crippen LogP contribution is 2.10. The van der Waals surface area contributed by atoms with Crippen LogP contribution in [0.1, 0.15) is 71.1 Å². The van der Waals surface area contributed by atoms with Gasteiger partial charge in [-0.2, -0.15) is 0 Å². The van der Waals surface area contributed by atoms with Crippen molar-refractivity contribution in [2.45, 2.75) is 71.1 Å². The summed E-state index contributed by atoms with van der Waals surface area (Å²) in [6, 6.07) is 9.78. The van der Waals surface area contributed by atoms with Crippen molar-refractivity contribution in [1.29, 1.82) is 0 Å². The van der Waals surface area contributed by atoms with Gasteiger partial charge in [-0.3, -0.25) is 0 Å². The molecule has 0 aliphatic rings. The zero-order chi connectivity index (χ0) is 20.0. The number of hydrogen-bond acceptors (Lipinski definition) is 4. The van der Waals surface area contributed by atoms with E-state index in [0.717, 1.165) is 12.4 Å². The van der Waals surface area contributed by atoms with E-state index in [1.807, 2.05) is 30.3 Å². The molecule has 0 saturated carbocycles. The van der Waals surface area contributed by atoms with Gasteiger partial charge >= 0.3 is 0 Å². The second kappa shape index (κ2) is 20.6. The highest BCUT2D eigenvalue weighted by atomic mass is 16.6. The Morgan fingerprint density at radius 1 is 0.500 bits per heavy atom.